The summed E-state index contributed by atoms with van der Waals surface area (Å²) in [5.74, 6) is 0. The maximum atomic E-state index is 9.34. The number of aliphatic hydroxyl groups excluding tert-OH is 1. The van der Waals surface area contributed by atoms with E-state index in [1.54, 1.807) is 0 Å². The van der Waals surface area contributed by atoms with E-state index in [1.807, 2.05) is 0 Å². The Balaban J connectivity index is 2.16. The lowest BCUT2D eigenvalue weighted by Crippen LogP contribution is -2.45. The maximum absolute atomic E-state index is 9.34. The number of fused-ring (bicyclic) bond motifs is 1. The van der Waals surface area contributed by atoms with Gasteiger partial charge in [-0.1, -0.05) is 0 Å². The first-order chi connectivity index (χ1) is 5.91. The summed E-state index contributed by atoms with van der Waals surface area (Å²) < 4.78 is 0. The van der Waals surface area contributed by atoms with Gasteiger partial charge in [-0.25, -0.2) is 0 Å². The van der Waals surface area contributed by atoms with Crippen LogP contribution in [0.25, 0.3) is 0 Å². The Morgan fingerprint density at radius 1 is 1.38 bits per heavy atom. The van der Waals surface area contributed by atoms with Crippen molar-refractivity contribution in [2.45, 2.75) is 58.2 Å². The third-order valence-electron chi connectivity index (χ3n) is 3.75. The molecule has 1 aliphatic carbocycles. The molecule has 2 heteroatoms. The van der Waals surface area contributed by atoms with Crippen LogP contribution in [0.4, 0.5) is 0 Å². The molecule has 2 aliphatic rings. The molecule has 2 fully saturated rings. The molecule has 1 saturated carbocycles. The predicted octanol–water partition coefficient (Wildman–Crippen LogP) is 1.63. The van der Waals surface area contributed by atoms with Crippen LogP contribution in [0.2, 0.25) is 0 Å². The van der Waals surface area contributed by atoms with E-state index in [9.17, 15) is 5.11 Å². The summed E-state index contributed by atoms with van der Waals surface area (Å²) in [5, 5.41) is 9.34. The molecule has 0 aromatic carbocycles. The molecular weight excluding hydrogens is 162 g/mol. The Morgan fingerprint density at radius 2 is 2.00 bits per heavy atom. The summed E-state index contributed by atoms with van der Waals surface area (Å²) in [7, 11) is 0. The van der Waals surface area contributed by atoms with Crippen LogP contribution >= 0.6 is 0 Å². The van der Waals surface area contributed by atoms with Gasteiger partial charge in [-0.15, -0.1) is 0 Å². The van der Waals surface area contributed by atoms with Crippen molar-refractivity contribution in [1.82, 2.24) is 4.90 Å². The summed E-state index contributed by atoms with van der Waals surface area (Å²) in [4.78, 5) is 2.59. The lowest BCUT2D eigenvalue weighted by atomic mass is 10.0. The molecule has 1 aliphatic heterocycles. The van der Waals surface area contributed by atoms with Crippen LogP contribution in [0.15, 0.2) is 0 Å². The molecular formula is C11H21NO. The van der Waals surface area contributed by atoms with Gasteiger partial charge >= 0.3 is 0 Å². The van der Waals surface area contributed by atoms with Gasteiger partial charge in [0.15, 0.2) is 0 Å². The number of hydrogen-bond acceptors (Lipinski definition) is 2. The van der Waals surface area contributed by atoms with Crippen molar-refractivity contribution in [2.24, 2.45) is 5.41 Å². The predicted molar refractivity (Wildman–Crippen MR) is 53.6 cm³/mol. The first-order valence-electron chi connectivity index (χ1n) is 5.30. The second-order valence-electron chi connectivity index (χ2n) is 5.87. The van der Waals surface area contributed by atoms with Crippen LogP contribution in [0, 0.1) is 5.41 Å². The second-order valence-corrected chi connectivity index (χ2v) is 5.87. The molecule has 0 amide bonds. The van der Waals surface area contributed by atoms with Crippen molar-refractivity contribution in [3.05, 3.63) is 0 Å². The quantitative estimate of drug-likeness (QED) is 0.668. The van der Waals surface area contributed by atoms with Crippen molar-refractivity contribution in [3.8, 4) is 0 Å². The Morgan fingerprint density at radius 3 is 2.31 bits per heavy atom. The largest absolute Gasteiger partial charge is 0.396 e. The van der Waals surface area contributed by atoms with E-state index in [1.165, 1.54) is 12.8 Å². The zero-order chi connectivity index (χ0) is 9.85. The van der Waals surface area contributed by atoms with Gasteiger partial charge in [0.1, 0.15) is 0 Å². The zero-order valence-corrected chi connectivity index (χ0v) is 9.17. The Kier molecular flexibility index (Phi) is 1.81. The van der Waals surface area contributed by atoms with E-state index in [-0.39, 0.29) is 11.0 Å². The molecule has 1 heterocycles. The lowest BCUT2D eigenvalue weighted by Gasteiger charge is -2.37. The maximum Gasteiger partial charge on any atom is 0.0503 e. The summed E-state index contributed by atoms with van der Waals surface area (Å²) in [6.45, 7) is 9.49. The van der Waals surface area contributed by atoms with Gasteiger partial charge in [-0.05, 0) is 40.5 Å². The third-order valence-corrected chi connectivity index (χ3v) is 3.75. The van der Waals surface area contributed by atoms with E-state index in [0.29, 0.717) is 18.7 Å². The Hall–Kier alpha value is -0.0800. The van der Waals surface area contributed by atoms with Gasteiger partial charge in [-0.3, -0.25) is 4.90 Å². The van der Waals surface area contributed by atoms with Gasteiger partial charge in [0.2, 0.25) is 0 Å². The molecule has 13 heavy (non-hydrogen) atoms. The van der Waals surface area contributed by atoms with E-state index in [0.717, 1.165) is 0 Å². The van der Waals surface area contributed by atoms with Crippen molar-refractivity contribution >= 4 is 0 Å². The summed E-state index contributed by atoms with van der Waals surface area (Å²) in [5.41, 5.74) is 0.546. The summed E-state index contributed by atoms with van der Waals surface area (Å²) >= 11 is 0. The molecule has 1 saturated heterocycles. The van der Waals surface area contributed by atoms with Crippen molar-refractivity contribution in [1.29, 1.82) is 0 Å². The standard InChI is InChI=1S/C11H21NO/c1-8-5-11(7-13)6-9(11)12(8)10(2,3)4/h8-9,13H,5-7H2,1-4H3/t8-,9+,11-/m1/s1. The average Bonchev–Trinajstić information content (AvgIpc) is 2.55. The van der Waals surface area contributed by atoms with Crippen LogP contribution in [-0.4, -0.2) is 34.2 Å². The zero-order valence-electron chi connectivity index (χ0n) is 9.17. The molecule has 76 valence electrons. The van der Waals surface area contributed by atoms with Gasteiger partial charge < -0.3 is 5.11 Å². The second kappa shape index (κ2) is 2.48. The minimum absolute atomic E-state index is 0.261. The number of hydrogen-bond donors (Lipinski definition) is 1. The highest BCUT2D eigenvalue weighted by Gasteiger charge is 2.64. The number of rotatable bonds is 1. The molecule has 0 aromatic rings. The van der Waals surface area contributed by atoms with Crippen LogP contribution < -0.4 is 0 Å². The molecule has 1 N–H and O–H groups in total. The van der Waals surface area contributed by atoms with Gasteiger partial charge in [-0.2, -0.15) is 0 Å². The van der Waals surface area contributed by atoms with Crippen molar-refractivity contribution < 1.29 is 5.11 Å². The monoisotopic (exact) mass is 183 g/mol. The number of nitrogens with zero attached hydrogens (tertiary/aromatic N) is 1. The molecule has 2 rings (SSSR count). The molecule has 0 bridgehead atoms. The number of piperidine rings is 1. The van der Waals surface area contributed by atoms with Crippen molar-refractivity contribution in [3.63, 3.8) is 0 Å². The van der Waals surface area contributed by atoms with E-state index < -0.39 is 0 Å². The summed E-state index contributed by atoms with van der Waals surface area (Å²) in [6, 6.07) is 1.30. The smallest absolute Gasteiger partial charge is 0.0503 e. The average molecular weight is 183 g/mol. The van der Waals surface area contributed by atoms with E-state index in [2.05, 4.69) is 32.6 Å². The van der Waals surface area contributed by atoms with E-state index >= 15 is 0 Å². The van der Waals surface area contributed by atoms with Crippen LogP contribution in [-0.2, 0) is 0 Å². The van der Waals surface area contributed by atoms with Crippen LogP contribution in [0.1, 0.15) is 40.5 Å². The van der Waals surface area contributed by atoms with Crippen molar-refractivity contribution in [2.75, 3.05) is 6.61 Å². The SMILES string of the molecule is C[C@@H]1C[C@]2(CO)C[C@@H]2N1C(C)(C)C. The highest BCUT2D eigenvalue weighted by atomic mass is 16.3. The van der Waals surface area contributed by atoms with E-state index in [4.69, 9.17) is 0 Å². The first-order valence-corrected chi connectivity index (χ1v) is 5.30. The molecule has 0 radical (unpaired) electrons. The Labute approximate surface area is 80.9 Å². The Bertz CT molecular complexity index is 221. The molecule has 2 nitrogen and oxygen atoms in total. The minimum Gasteiger partial charge on any atom is -0.396 e. The molecule has 0 spiro atoms. The lowest BCUT2D eigenvalue weighted by molar-refractivity contribution is 0.104. The highest BCUT2D eigenvalue weighted by molar-refractivity contribution is 5.18. The normalized spacial score (nSPS) is 45.0. The molecule has 0 unspecified atom stereocenters. The fourth-order valence-corrected chi connectivity index (χ4v) is 3.30. The first kappa shape index (κ1) is 9.47. The number of aliphatic hydroxyl groups is 1. The van der Waals surface area contributed by atoms with Gasteiger partial charge in [0.05, 0.1) is 6.61 Å². The minimum atomic E-state index is 0.261. The van der Waals surface area contributed by atoms with Gasteiger partial charge in [0.25, 0.3) is 0 Å². The topological polar surface area (TPSA) is 23.5 Å². The van der Waals surface area contributed by atoms with Crippen LogP contribution in [0.3, 0.4) is 0 Å². The van der Waals surface area contributed by atoms with Gasteiger partial charge in [0, 0.05) is 23.0 Å². The molecule has 3 atom stereocenters. The fourth-order valence-electron chi connectivity index (χ4n) is 3.30. The van der Waals surface area contributed by atoms with Crippen LogP contribution in [0.5, 0.6) is 0 Å². The third kappa shape index (κ3) is 1.23. The highest BCUT2D eigenvalue weighted by Crippen LogP contribution is 2.60. The molecule has 0 aromatic heterocycles. The fraction of sp³-hybridized carbons (Fsp3) is 1.00. The number of likely N-dealkylation sites (tertiary alicyclic amines) is 1. The summed E-state index contributed by atoms with van der Waals surface area (Å²) in [6.07, 6.45) is 2.40.